The number of benzene rings is 1. The Kier molecular flexibility index (Phi) is 4.89. The first-order valence-corrected chi connectivity index (χ1v) is 5.77. The molecule has 0 aliphatic heterocycles. The first-order chi connectivity index (χ1) is 8.45. The number of carbonyl (C=O) groups is 2. The Labute approximate surface area is 112 Å². The van der Waals surface area contributed by atoms with Crippen LogP contribution in [0, 0.1) is 12.3 Å². The van der Waals surface area contributed by atoms with E-state index in [0.29, 0.717) is 4.47 Å². The number of aromatic carboxylic acids is 1. The van der Waals surface area contributed by atoms with Crippen molar-refractivity contribution in [3.63, 3.8) is 0 Å². The molecule has 1 aromatic rings. The van der Waals surface area contributed by atoms with Gasteiger partial charge in [-0.3, -0.25) is 4.79 Å². The molecule has 1 aromatic carbocycles. The molecule has 4 N–H and O–H groups in total. The third-order valence-electron chi connectivity index (χ3n) is 2.14. The molecule has 0 radical (unpaired) electrons. The van der Waals surface area contributed by atoms with E-state index in [1.165, 1.54) is 12.1 Å². The highest BCUT2D eigenvalue weighted by molar-refractivity contribution is 9.10. The van der Waals surface area contributed by atoms with Crippen molar-refractivity contribution in [2.24, 2.45) is 5.73 Å². The molecule has 18 heavy (non-hydrogen) atoms. The highest BCUT2D eigenvalue weighted by Gasteiger charge is 2.16. The molecule has 0 bridgehead atoms. The van der Waals surface area contributed by atoms with Gasteiger partial charge in [-0.2, -0.15) is 0 Å². The van der Waals surface area contributed by atoms with Gasteiger partial charge in [0, 0.05) is 10.9 Å². The molecule has 0 fully saturated rings. The van der Waals surface area contributed by atoms with Gasteiger partial charge in [0.2, 0.25) is 5.91 Å². The number of carboxylic acids is 1. The van der Waals surface area contributed by atoms with E-state index in [1.54, 1.807) is 6.07 Å². The molecule has 1 unspecified atom stereocenters. The first-order valence-electron chi connectivity index (χ1n) is 4.98. The molecule has 5 nitrogen and oxygen atoms in total. The monoisotopic (exact) mass is 310 g/mol. The minimum atomic E-state index is -1.14. The van der Waals surface area contributed by atoms with Gasteiger partial charge in [-0.25, -0.2) is 4.79 Å². The van der Waals surface area contributed by atoms with Crippen LogP contribution in [0.3, 0.4) is 0 Å². The SMILES string of the molecule is C#CCC(N)C(=O)Nc1ccc(Br)cc1C(=O)O. The van der Waals surface area contributed by atoms with Crippen LogP contribution in [-0.4, -0.2) is 23.0 Å². The number of carbonyl (C=O) groups excluding carboxylic acids is 1. The second-order valence-electron chi connectivity index (χ2n) is 3.50. The summed E-state index contributed by atoms with van der Waals surface area (Å²) < 4.78 is 0.603. The lowest BCUT2D eigenvalue weighted by Gasteiger charge is -2.12. The Morgan fingerprint density at radius 2 is 2.22 bits per heavy atom. The quantitative estimate of drug-likeness (QED) is 0.734. The fraction of sp³-hybridized carbons (Fsp3) is 0.167. The van der Waals surface area contributed by atoms with Crippen LogP contribution in [0.2, 0.25) is 0 Å². The van der Waals surface area contributed by atoms with Crippen LogP contribution in [0.1, 0.15) is 16.8 Å². The first kappa shape index (κ1) is 14.2. The van der Waals surface area contributed by atoms with E-state index in [4.69, 9.17) is 17.3 Å². The number of carboxylic acid groups (broad SMARTS) is 1. The highest BCUT2D eigenvalue weighted by Crippen LogP contribution is 2.21. The van der Waals surface area contributed by atoms with Crippen molar-refractivity contribution in [1.29, 1.82) is 0 Å². The number of halogens is 1. The van der Waals surface area contributed by atoms with E-state index in [-0.39, 0.29) is 17.7 Å². The van der Waals surface area contributed by atoms with Gasteiger partial charge < -0.3 is 16.2 Å². The van der Waals surface area contributed by atoms with E-state index in [2.05, 4.69) is 27.2 Å². The van der Waals surface area contributed by atoms with Gasteiger partial charge in [0.25, 0.3) is 0 Å². The summed E-state index contributed by atoms with van der Waals surface area (Å²) in [5, 5.41) is 11.5. The Bertz CT molecular complexity index is 523. The minimum absolute atomic E-state index is 0.0226. The molecule has 0 saturated heterocycles. The van der Waals surface area contributed by atoms with E-state index < -0.39 is 17.9 Å². The number of rotatable bonds is 4. The maximum Gasteiger partial charge on any atom is 0.337 e. The molecule has 0 aliphatic carbocycles. The molecule has 94 valence electrons. The van der Waals surface area contributed by atoms with Crippen molar-refractivity contribution >= 4 is 33.5 Å². The zero-order valence-electron chi connectivity index (χ0n) is 9.31. The van der Waals surface area contributed by atoms with E-state index in [9.17, 15) is 9.59 Å². The number of terminal acetylenes is 1. The molecule has 0 spiro atoms. The number of amides is 1. The fourth-order valence-electron chi connectivity index (χ4n) is 1.25. The highest BCUT2D eigenvalue weighted by atomic mass is 79.9. The standard InChI is InChI=1S/C12H11BrN2O3/c1-2-3-9(14)11(16)15-10-5-4-7(13)6-8(10)12(17)18/h1,4-6,9H,3,14H2,(H,15,16)(H,17,18). The van der Waals surface area contributed by atoms with Crippen LogP contribution in [0.5, 0.6) is 0 Å². The van der Waals surface area contributed by atoms with Gasteiger partial charge >= 0.3 is 5.97 Å². The molecule has 1 atom stereocenters. The van der Waals surface area contributed by atoms with E-state index in [0.717, 1.165) is 0 Å². The minimum Gasteiger partial charge on any atom is -0.478 e. The topological polar surface area (TPSA) is 92.4 Å². The lowest BCUT2D eigenvalue weighted by molar-refractivity contribution is -0.117. The van der Waals surface area contributed by atoms with Gasteiger partial charge in [-0.1, -0.05) is 15.9 Å². The van der Waals surface area contributed by atoms with Gasteiger partial charge in [-0.05, 0) is 18.2 Å². The summed E-state index contributed by atoms with van der Waals surface area (Å²) in [7, 11) is 0. The van der Waals surface area contributed by atoms with Gasteiger partial charge in [-0.15, -0.1) is 12.3 Å². The van der Waals surface area contributed by atoms with Gasteiger partial charge in [0.05, 0.1) is 17.3 Å². The fourth-order valence-corrected chi connectivity index (χ4v) is 1.61. The maximum absolute atomic E-state index is 11.6. The number of nitrogens with two attached hydrogens (primary N) is 1. The van der Waals surface area contributed by atoms with Crippen molar-refractivity contribution in [2.45, 2.75) is 12.5 Å². The summed E-state index contributed by atoms with van der Waals surface area (Å²) in [5.74, 6) is 0.613. The third-order valence-corrected chi connectivity index (χ3v) is 2.64. The molecule has 0 saturated carbocycles. The number of hydrogen-bond donors (Lipinski definition) is 3. The molecule has 0 aliphatic rings. The molecule has 0 aromatic heterocycles. The van der Waals surface area contributed by atoms with Crippen molar-refractivity contribution < 1.29 is 14.7 Å². The summed E-state index contributed by atoms with van der Waals surface area (Å²) in [5.41, 5.74) is 5.68. The van der Waals surface area contributed by atoms with Gasteiger partial charge in [0.1, 0.15) is 0 Å². The average molecular weight is 311 g/mol. The lowest BCUT2D eigenvalue weighted by atomic mass is 10.1. The molecular formula is C12H11BrN2O3. The van der Waals surface area contributed by atoms with Crippen LogP contribution in [0.4, 0.5) is 5.69 Å². The normalized spacial score (nSPS) is 11.4. The number of anilines is 1. The Morgan fingerprint density at radius 1 is 1.56 bits per heavy atom. The summed E-state index contributed by atoms with van der Waals surface area (Å²) in [6.45, 7) is 0. The van der Waals surface area contributed by atoms with Crippen LogP contribution >= 0.6 is 15.9 Å². The number of hydrogen-bond acceptors (Lipinski definition) is 3. The van der Waals surface area contributed by atoms with Crippen LogP contribution in [0.15, 0.2) is 22.7 Å². The smallest absolute Gasteiger partial charge is 0.337 e. The summed E-state index contributed by atoms with van der Waals surface area (Å²) in [6, 6.07) is 3.63. The van der Waals surface area contributed by atoms with Crippen molar-refractivity contribution in [3.05, 3.63) is 28.2 Å². The Hall–Kier alpha value is -1.84. The zero-order chi connectivity index (χ0) is 13.7. The molecule has 0 heterocycles. The second kappa shape index (κ2) is 6.19. The summed E-state index contributed by atoms with van der Waals surface area (Å²) in [4.78, 5) is 22.6. The van der Waals surface area contributed by atoms with E-state index >= 15 is 0 Å². The van der Waals surface area contributed by atoms with Crippen LogP contribution in [0.25, 0.3) is 0 Å². The summed E-state index contributed by atoms with van der Waals surface area (Å²) >= 11 is 3.16. The second-order valence-corrected chi connectivity index (χ2v) is 4.41. The summed E-state index contributed by atoms with van der Waals surface area (Å²) in [6.07, 6.45) is 5.14. The third kappa shape index (κ3) is 3.58. The molecule has 1 amide bonds. The predicted molar refractivity (Wildman–Crippen MR) is 71.2 cm³/mol. The maximum atomic E-state index is 11.6. The van der Waals surface area contributed by atoms with Gasteiger partial charge in [0.15, 0.2) is 0 Å². The molecule has 1 rings (SSSR count). The Balaban J connectivity index is 2.95. The van der Waals surface area contributed by atoms with E-state index in [1.807, 2.05) is 0 Å². The molecular weight excluding hydrogens is 300 g/mol. The van der Waals surface area contributed by atoms with Crippen molar-refractivity contribution in [1.82, 2.24) is 0 Å². The van der Waals surface area contributed by atoms with Crippen LogP contribution in [-0.2, 0) is 4.79 Å². The van der Waals surface area contributed by atoms with Crippen LogP contribution < -0.4 is 11.1 Å². The van der Waals surface area contributed by atoms with Crippen molar-refractivity contribution in [2.75, 3.05) is 5.32 Å². The Morgan fingerprint density at radius 3 is 2.78 bits per heavy atom. The average Bonchev–Trinajstić information content (AvgIpc) is 2.31. The largest absolute Gasteiger partial charge is 0.478 e. The predicted octanol–water partition coefficient (Wildman–Crippen LogP) is 1.44. The lowest BCUT2D eigenvalue weighted by Crippen LogP contribution is -2.35. The van der Waals surface area contributed by atoms with Crippen molar-refractivity contribution in [3.8, 4) is 12.3 Å². The number of nitrogens with one attached hydrogen (secondary N) is 1. The molecule has 6 heteroatoms. The zero-order valence-corrected chi connectivity index (χ0v) is 10.9.